The average molecular weight is 412 g/mol. The van der Waals surface area contributed by atoms with E-state index >= 15 is 13.0 Å². The Balaban J connectivity index is 2.27. The Bertz CT molecular complexity index is 1200. The molecule has 0 saturated carbocycles. The first kappa shape index (κ1) is 20.8. The molecule has 1 aromatic heterocycles. The summed E-state index contributed by atoms with van der Waals surface area (Å²) in [5, 5.41) is 0. The maximum atomic E-state index is 16.1. The molecule has 4 rings (SSSR count). The summed E-state index contributed by atoms with van der Waals surface area (Å²) in [6.45, 7) is 8.87. The molecule has 6 heteroatoms. The van der Waals surface area contributed by atoms with E-state index in [-0.39, 0.29) is 5.82 Å². The molecule has 2 nitrogen and oxygen atoms in total. The van der Waals surface area contributed by atoms with Crippen molar-refractivity contribution < 1.29 is 17.5 Å². The zero-order valence-corrected chi connectivity index (χ0v) is 18.8. The number of allylic oxidation sites excluding steroid dienone is 2. The summed E-state index contributed by atoms with van der Waals surface area (Å²) in [5.41, 5.74) is 6.95. The largest absolute Gasteiger partial charge is 0.737 e. The van der Waals surface area contributed by atoms with Crippen LogP contribution >= 0.6 is 0 Å². The highest BCUT2D eigenvalue weighted by Crippen LogP contribution is 2.47. The van der Waals surface area contributed by atoms with Crippen LogP contribution in [0.4, 0.5) is 13.0 Å². The first-order valence-electron chi connectivity index (χ1n) is 10.7. The van der Waals surface area contributed by atoms with Gasteiger partial charge in [0.15, 0.2) is 5.70 Å². The fourth-order valence-electron chi connectivity index (χ4n) is 5.57. The Morgan fingerprint density at radius 2 is 1.67 bits per heavy atom. The third-order valence-electron chi connectivity index (χ3n) is 6.96. The van der Waals surface area contributed by atoms with Crippen molar-refractivity contribution >= 4 is 18.3 Å². The third kappa shape index (κ3) is 2.42. The van der Waals surface area contributed by atoms with Gasteiger partial charge in [-0.05, 0) is 62.9 Å². The molecule has 0 bridgehead atoms. The fourth-order valence-corrected chi connectivity index (χ4v) is 5.57. The van der Waals surface area contributed by atoms with E-state index in [4.69, 9.17) is 0 Å². The van der Waals surface area contributed by atoms with Crippen molar-refractivity contribution in [1.29, 1.82) is 0 Å². The van der Waals surface area contributed by atoms with Crippen molar-refractivity contribution in [1.82, 2.24) is 4.48 Å². The van der Waals surface area contributed by atoms with E-state index < -0.39 is 6.97 Å². The van der Waals surface area contributed by atoms with Gasteiger partial charge in [0.25, 0.3) is 0 Å². The van der Waals surface area contributed by atoms with Gasteiger partial charge < -0.3 is 17.6 Å². The molecule has 158 valence electrons. The lowest BCUT2D eigenvalue weighted by Crippen LogP contribution is -2.51. The number of rotatable bonds is 3. The number of nitrogens with zero attached hydrogens (tertiary/aromatic N) is 2. The van der Waals surface area contributed by atoms with E-state index in [0.717, 1.165) is 22.3 Å². The number of benzene rings is 1. The van der Waals surface area contributed by atoms with Crippen molar-refractivity contribution in [3.8, 4) is 0 Å². The lowest BCUT2D eigenvalue weighted by atomic mass is 9.83. The van der Waals surface area contributed by atoms with E-state index in [1.807, 2.05) is 27.7 Å². The maximum absolute atomic E-state index is 16.1. The number of hydrogen-bond donors (Lipinski definition) is 0. The summed E-state index contributed by atoms with van der Waals surface area (Å²) >= 11 is 0. The topological polar surface area (TPSA) is 7.94 Å². The van der Waals surface area contributed by atoms with Crippen LogP contribution in [-0.2, 0) is 6.42 Å². The zero-order chi connectivity index (χ0) is 22.1. The summed E-state index contributed by atoms with van der Waals surface area (Å²) in [6.07, 6.45) is 1.31. The van der Waals surface area contributed by atoms with E-state index in [9.17, 15) is 0 Å². The van der Waals surface area contributed by atoms with Crippen LogP contribution in [-0.4, -0.2) is 21.6 Å². The molecule has 3 heterocycles. The minimum atomic E-state index is -4.09. The maximum Gasteiger partial charge on any atom is 0.737 e. The first-order chi connectivity index (χ1) is 14.1. The molecule has 0 N–H and O–H groups in total. The molecule has 30 heavy (non-hydrogen) atoms. The Hall–Kier alpha value is -2.50. The molecular formula is C24H28BF3N2. The van der Waals surface area contributed by atoms with Crippen LogP contribution in [0.25, 0.3) is 5.57 Å². The monoisotopic (exact) mass is 412 g/mol. The zero-order valence-electron chi connectivity index (χ0n) is 18.8. The van der Waals surface area contributed by atoms with Crippen LogP contribution in [0.1, 0.15) is 67.8 Å². The summed E-state index contributed by atoms with van der Waals surface area (Å²) in [5.74, 6) is -0.351. The van der Waals surface area contributed by atoms with Gasteiger partial charge in [-0.1, -0.05) is 32.0 Å². The van der Waals surface area contributed by atoms with Gasteiger partial charge in [-0.25, -0.2) is 4.39 Å². The van der Waals surface area contributed by atoms with E-state index in [1.165, 1.54) is 8.96 Å². The van der Waals surface area contributed by atoms with Crippen LogP contribution in [0.15, 0.2) is 35.0 Å². The second kappa shape index (κ2) is 6.76. The van der Waals surface area contributed by atoms with E-state index in [2.05, 4.69) is 0 Å². The number of aryl methyl sites for hydroxylation is 1. The van der Waals surface area contributed by atoms with Crippen LogP contribution in [0.2, 0.25) is 0 Å². The predicted molar refractivity (Wildman–Crippen MR) is 118 cm³/mol. The van der Waals surface area contributed by atoms with Gasteiger partial charge in [0.1, 0.15) is 11.5 Å². The Morgan fingerprint density at radius 1 is 1.00 bits per heavy atom. The van der Waals surface area contributed by atoms with Gasteiger partial charge in [-0.3, -0.25) is 0 Å². The van der Waals surface area contributed by atoms with Crippen LogP contribution in [0, 0.1) is 26.6 Å². The average Bonchev–Trinajstić information content (AvgIpc) is 3.10. The molecule has 0 radical (unpaired) electrons. The molecular weight excluding hydrogens is 384 g/mol. The molecule has 0 unspecified atom stereocenters. The highest BCUT2D eigenvalue weighted by Gasteiger charge is 2.56. The Morgan fingerprint density at radius 3 is 2.27 bits per heavy atom. The molecule has 0 spiro atoms. The van der Waals surface area contributed by atoms with E-state index in [0.29, 0.717) is 52.3 Å². The predicted octanol–water partition coefficient (Wildman–Crippen LogP) is 6.32. The highest BCUT2D eigenvalue weighted by molar-refractivity contribution is 6.58. The molecule has 2 aliphatic heterocycles. The van der Waals surface area contributed by atoms with Crippen LogP contribution in [0.5, 0.6) is 0 Å². The molecule has 1 aromatic carbocycles. The second-order valence-corrected chi connectivity index (χ2v) is 8.42. The lowest BCUT2D eigenvalue weighted by molar-refractivity contribution is -0.363. The molecule has 2 aromatic rings. The van der Waals surface area contributed by atoms with Gasteiger partial charge in [0.05, 0.1) is 5.57 Å². The normalized spacial score (nSPS) is 17.8. The molecule has 0 aliphatic carbocycles. The standard InChI is InChI=1S/C24H28BF3N2/c1-8-18-14(4)23-21(20-12-10-11-13(3)22(20)26)24-15(5)19(9-2)17(7)30(24)25(27,28)29(23)16(18)6/h10-12H,8-9H2,1-7H3. The fraction of sp³-hybridized carbons (Fsp3) is 0.375. The number of halogens is 3. The van der Waals surface area contributed by atoms with Crippen molar-refractivity contribution in [2.24, 2.45) is 0 Å². The van der Waals surface area contributed by atoms with Crippen molar-refractivity contribution in [3.05, 3.63) is 74.5 Å². The Kier molecular flexibility index (Phi) is 4.68. The first-order valence-corrected chi connectivity index (χ1v) is 10.7. The molecule has 0 atom stereocenters. The van der Waals surface area contributed by atoms with Crippen molar-refractivity contribution in [2.45, 2.75) is 61.3 Å². The van der Waals surface area contributed by atoms with Crippen LogP contribution in [0.3, 0.4) is 0 Å². The summed E-state index contributed by atoms with van der Waals surface area (Å²) in [7, 11) is 0. The van der Waals surface area contributed by atoms with Gasteiger partial charge in [-0.2, -0.15) is 0 Å². The highest BCUT2D eigenvalue weighted by atomic mass is 19.2. The van der Waals surface area contributed by atoms with Gasteiger partial charge in [0, 0.05) is 29.3 Å². The molecule has 0 saturated heterocycles. The summed E-state index contributed by atoms with van der Waals surface area (Å²) in [4.78, 5) is 0. The number of hydrogen-bond acceptors (Lipinski definition) is 0. The SMILES string of the molecule is CCC1=C(C)C2=C(c3cccc(C)c3F)c3c(C)c(CC)c(C)n3[B-](F)(F)[N+]2=C1C. The van der Waals surface area contributed by atoms with Crippen molar-refractivity contribution in [2.75, 3.05) is 0 Å². The lowest BCUT2D eigenvalue weighted by Gasteiger charge is -2.34. The van der Waals surface area contributed by atoms with Gasteiger partial charge in [0.2, 0.25) is 0 Å². The molecule has 0 amide bonds. The summed E-state index contributed by atoms with van der Waals surface area (Å²) in [6, 6.07) is 5.22. The van der Waals surface area contributed by atoms with Gasteiger partial charge in [-0.15, -0.1) is 0 Å². The smallest absolute Gasteiger partial charge is 0.393 e. The Labute approximate surface area is 176 Å². The third-order valence-corrected chi connectivity index (χ3v) is 6.96. The van der Waals surface area contributed by atoms with Crippen LogP contribution < -0.4 is 0 Å². The molecule has 0 fully saturated rings. The second-order valence-electron chi connectivity index (χ2n) is 8.42. The number of aromatic nitrogens is 1. The summed E-state index contributed by atoms with van der Waals surface area (Å²) < 4.78 is 50.0. The number of fused-ring (bicyclic) bond motifs is 2. The van der Waals surface area contributed by atoms with Gasteiger partial charge >= 0.3 is 6.97 Å². The quantitative estimate of drug-likeness (QED) is 0.521. The minimum absolute atomic E-state index is 0.351. The van der Waals surface area contributed by atoms with Crippen molar-refractivity contribution in [3.63, 3.8) is 0 Å². The minimum Gasteiger partial charge on any atom is -0.393 e. The molecule has 2 aliphatic rings. The van der Waals surface area contributed by atoms with E-state index in [1.54, 1.807) is 39.0 Å².